The monoisotopic (exact) mass is 670 g/mol. The Morgan fingerprint density at radius 2 is 1.71 bits per heavy atom. The van der Waals surface area contributed by atoms with Gasteiger partial charge in [-0.05, 0) is 92.6 Å². The summed E-state index contributed by atoms with van der Waals surface area (Å²) in [5.41, 5.74) is 18.6. The first-order chi connectivity index (χ1) is 23.7. The number of hydrogen-bond acceptors (Lipinski definition) is 9. The van der Waals surface area contributed by atoms with Crippen LogP contribution < -0.4 is 21.5 Å². The topological polar surface area (TPSA) is 156 Å². The fourth-order valence-electron chi connectivity index (χ4n) is 6.48. The fraction of sp³-hybridized carbons (Fsp3) is 0.395. The summed E-state index contributed by atoms with van der Waals surface area (Å²) in [6, 6.07) is 14.0. The molecule has 0 aliphatic carbocycles. The van der Waals surface area contributed by atoms with Gasteiger partial charge >= 0.3 is 0 Å². The molecule has 1 atom stereocenters. The maximum atomic E-state index is 13.4. The molecule has 11 heteroatoms. The second-order valence-corrected chi connectivity index (χ2v) is 12.4. The molecule has 6 N–H and O–H groups in total. The zero-order chi connectivity index (χ0) is 35.3. The highest BCUT2D eigenvalue weighted by atomic mass is 16.5. The first-order valence-corrected chi connectivity index (χ1v) is 16.7. The van der Waals surface area contributed by atoms with E-state index < -0.39 is 0 Å². The zero-order valence-corrected chi connectivity index (χ0v) is 29.1. The number of hydrogen-bond donors (Lipinski definition) is 4. The van der Waals surface area contributed by atoms with Gasteiger partial charge in [0.2, 0.25) is 6.41 Å². The number of likely N-dealkylation sites (tertiary alicyclic amines) is 2. The van der Waals surface area contributed by atoms with E-state index in [2.05, 4.69) is 63.1 Å². The largest absolute Gasteiger partial charge is 0.497 e. The molecule has 11 nitrogen and oxygen atoms in total. The number of β-amino-alcohol motifs (C(OH)–C–C–N with tert-alkyl or cyclic N) is 1. The molecule has 2 saturated heterocycles. The number of aromatic nitrogens is 1. The number of primary amides is 1. The minimum absolute atomic E-state index is 0.250. The van der Waals surface area contributed by atoms with Crippen LogP contribution >= 0.6 is 0 Å². The Bertz CT molecular complexity index is 1650. The summed E-state index contributed by atoms with van der Waals surface area (Å²) in [5, 5.41) is 13.0. The number of rotatable bonds is 12. The fourth-order valence-corrected chi connectivity index (χ4v) is 6.48. The van der Waals surface area contributed by atoms with Crippen molar-refractivity contribution in [2.75, 3.05) is 52.3 Å². The molecule has 2 aliphatic rings. The number of pyridine rings is 1. The molecule has 3 aromatic rings. The van der Waals surface area contributed by atoms with Gasteiger partial charge in [0.15, 0.2) is 0 Å². The molecule has 0 saturated carbocycles. The summed E-state index contributed by atoms with van der Waals surface area (Å²) in [6.07, 6.45) is 9.26. The predicted molar refractivity (Wildman–Crippen MR) is 193 cm³/mol. The minimum atomic E-state index is -0.286. The first-order valence-electron chi connectivity index (χ1n) is 16.7. The lowest BCUT2D eigenvalue weighted by Crippen LogP contribution is -2.25. The van der Waals surface area contributed by atoms with E-state index in [4.69, 9.17) is 20.0 Å². The second-order valence-electron chi connectivity index (χ2n) is 12.4. The minimum Gasteiger partial charge on any atom is -0.497 e. The third-order valence-electron chi connectivity index (χ3n) is 9.19. The van der Waals surface area contributed by atoms with Crippen molar-refractivity contribution in [3.05, 3.63) is 100 Å². The average Bonchev–Trinajstić information content (AvgIpc) is 3.78. The number of nitrogens with zero attached hydrogens (tertiary/aromatic N) is 3. The molecule has 5 rings (SSSR count). The van der Waals surface area contributed by atoms with Crippen molar-refractivity contribution in [2.45, 2.75) is 52.2 Å². The zero-order valence-electron chi connectivity index (χ0n) is 29.1. The molecular formula is C38H50N6O5. The standard InChI is InChI=1S/C37H47N5O4.CH3NO/c1-25-27(13-14-35(45-3)28(20-38)22-42-18-15-30(43)24-42)9-7-10-31(25)32-11-8-12-33(26(32)2)40-37(44)34-19-36(46-4)29(21-39-34)23-41-16-5-6-17-41;2-1-3/h7-12,14,19-21,30,43H,5-6,13,15-18,22-24,38H2,1-4H3,(H,40,44);1H,(H2,2,3)/b28-20-,35-14+;/t30-;/m1./s1. The van der Waals surface area contributed by atoms with Crippen molar-refractivity contribution < 1.29 is 24.2 Å². The highest BCUT2D eigenvalue weighted by Crippen LogP contribution is 2.33. The van der Waals surface area contributed by atoms with E-state index in [1.54, 1.807) is 32.7 Å². The van der Waals surface area contributed by atoms with Crippen LogP contribution in [0.2, 0.25) is 0 Å². The van der Waals surface area contributed by atoms with Gasteiger partial charge in [-0.25, -0.2) is 0 Å². The van der Waals surface area contributed by atoms with Crippen LogP contribution in [0.1, 0.15) is 52.0 Å². The lowest BCUT2D eigenvalue weighted by Gasteiger charge is -2.19. The Morgan fingerprint density at radius 1 is 1.02 bits per heavy atom. The van der Waals surface area contributed by atoms with Crippen LogP contribution in [0.3, 0.4) is 0 Å². The molecule has 2 aliphatic heterocycles. The maximum Gasteiger partial charge on any atom is 0.274 e. The first kappa shape index (κ1) is 37.1. The van der Waals surface area contributed by atoms with Gasteiger partial charge in [0.05, 0.1) is 20.3 Å². The molecule has 262 valence electrons. The van der Waals surface area contributed by atoms with Crippen molar-refractivity contribution in [1.29, 1.82) is 0 Å². The number of ether oxygens (including phenoxy) is 2. The third kappa shape index (κ3) is 9.69. The van der Waals surface area contributed by atoms with E-state index in [1.807, 2.05) is 19.1 Å². The lowest BCUT2D eigenvalue weighted by molar-refractivity contribution is -0.106. The number of carbonyl (C=O) groups excluding carboxylic acids is 2. The third-order valence-corrected chi connectivity index (χ3v) is 9.19. The highest BCUT2D eigenvalue weighted by molar-refractivity contribution is 6.04. The molecule has 0 unspecified atom stereocenters. The number of amides is 2. The van der Waals surface area contributed by atoms with Crippen molar-refractivity contribution >= 4 is 18.0 Å². The Labute approximate surface area is 289 Å². The van der Waals surface area contributed by atoms with E-state index in [-0.39, 0.29) is 18.4 Å². The summed E-state index contributed by atoms with van der Waals surface area (Å²) < 4.78 is 11.4. The van der Waals surface area contributed by atoms with Gasteiger partial charge in [0.1, 0.15) is 17.2 Å². The molecule has 0 bridgehead atoms. The summed E-state index contributed by atoms with van der Waals surface area (Å²) in [4.78, 5) is 31.0. The maximum absolute atomic E-state index is 13.4. The lowest BCUT2D eigenvalue weighted by atomic mass is 9.91. The van der Waals surface area contributed by atoms with Crippen LogP contribution in [0.5, 0.6) is 5.75 Å². The molecule has 0 spiro atoms. The van der Waals surface area contributed by atoms with Gasteiger partial charge < -0.3 is 31.4 Å². The molecule has 3 heterocycles. The van der Waals surface area contributed by atoms with E-state index in [9.17, 15) is 9.90 Å². The number of allylic oxidation sites excluding steroid dienone is 1. The molecule has 2 fully saturated rings. The number of aliphatic hydroxyl groups is 1. The average molecular weight is 671 g/mol. The van der Waals surface area contributed by atoms with Crippen LogP contribution in [0, 0.1) is 13.8 Å². The van der Waals surface area contributed by atoms with Gasteiger partial charge in [0, 0.05) is 61.5 Å². The Morgan fingerprint density at radius 3 is 2.35 bits per heavy atom. The second kappa shape index (κ2) is 18.2. The Kier molecular flexibility index (Phi) is 13.8. The van der Waals surface area contributed by atoms with Crippen LogP contribution in [0.4, 0.5) is 5.69 Å². The smallest absolute Gasteiger partial charge is 0.274 e. The molecule has 2 aromatic carbocycles. The van der Waals surface area contributed by atoms with Crippen molar-refractivity contribution in [1.82, 2.24) is 14.8 Å². The molecule has 1 aromatic heterocycles. The SMILES string of the molecule is COC(=C/Cc1cccc(-c2cccc(NC(=O)c3cc(OC)c(CN4CCCC4)cn3)c2C)c1C)/C(=C\N)CN1CC[C@@H](O)C1.NC=O. The summed E-state index contributed by atoms with van der Waals surface area (Å²) in [6.45, 7) is 9.19. The number of carbonyl (C=O) groups is 2. The van der Waals surface area contributed by atoms with E-state index in [0.717, 1.165) is 77.4 Å². The molecule has 0 radical (unpaired) electrons. The Hall–Kier alpha value is -4.71. The summed E-state index contributed by atoms with van der Waals surface area (Å²) >= 11 is 0. The summed E-state index contributed by atoms with van der Waals surface area (Å²) in [7, 11) is 3.30. The van der Waals surface area contributed by atoms with Crippen LogP contribution in [-0.4, -0.2) is 85.3 Å². The number of nitrogens with two attached hydrogens (primary N) is 2. The van der Waals surface area contributed by atoms with E-state index in [0.29, 0.717) is 31.0 Å². The van der Waals surface area contributed by atoms with E-state index in [1.165, 1.54) is 18.4 Å². The van der Waals surface area contributed by atoms with Gasteiger partial charge in [-0.15, -0.1) is 0 Å². The highest BCUT2D eigenvalue weighted by Gasteiger charge is 2.22. The van der Waals surface area contributed by atoms with Crippen LogP contribution in [0.25, 0.3) is 11.1 Å². The van der Waals surface area contributed by atoms with Crippen molar-refractivity contribution in [3.8, 4) is 16.9 Å². The Balaban J connectivity index is 0.00000174. The van der Waals surface area contributed by atoms with Crippen molar-refractivity contribution in [2.24, 2.45) is 11.5 Å². The van der Waals surface area contributed by atoms with Crippen molar-refractivity contribution in [3.63, 3.8) is 0 Å². The normalized spacial score (nSPS) is 17.0. The number of aliphatic hydroxyl groups excluding tert-OH is 1. The van der Waals surface area contributed by atoms with Gasteiger partial charge in [0.25, 0.3) is 5.91 Å². The quantitative estimate of drug-likeness (QED) is 0.125. The van der Waals surface area contributed by atoms with E-state index >= 15 is 0 Å². The molecular weight excluding hydrogens is 620 g/mol. The molecule has 49 heavy (non-hydrogen) atoms. The number of anilines is 1. The number of benzene rings is 2. The van der Waals surface area contributed by atoms with Gasteiger partial charge in [-0.2, -0.15) is 0 Å². The summed E-state index contributed by atoms with van der Waals surface area (Å²) in [5.74, 6) is 1.14. The van der Waals surface area contributed by atoms with Crippen LogP contribution in [-0.2, 0) is 22.5 Å². The van der Waals surface area contributed by atoms with Gasteiger partial charge in [-0.3, -0.25) is 24.4 Å². The van der Waals surface area contributed by atoms with Crippen LogP contribution in [0.15, 0.2) is 72.3 Å². The number of nitrogens with one attached hydrogen (secondary N) is 1. The van der Waals surface area contributed by atoms with Gasteiger partial charge in [-0.1, -0.05) is 30.3 Å². The predicted octanol–water partition coefficient (Wildman–Crippen LogP) is 4.31. The molecule has 2 amide bonds. The number of methoxy groups -OCH3 is 2.